The van der Waals surface area contributed by atoms with Gasteiger partial charge >= 0.3 is 0 Å². The van der Waals surface area contributed by atoms with Crippen LogP contribution in [-0.2, 0) is 6.54 Å². The lowest BCUT2D eigenvalue weighted by atomic mass is 10.3. The molecule has 2 aromatic heterocycles. The molecule has 3 rings (SSSR count). The third-order valence-corrected chi connectivity index (χ3v) is 4.13. The van der Waals surface area contributed by atoms with Crippen molar-refractivity contribution >= 4 is 49.4 Å². The van der Waals surface area contributed by atoms with Crippen LogP contribution in [0.5, 0.6) is 0 Å². The van der Waals surface area contributed by atoms with Crippen LogP contribution >= 0.6 is 38.5 Å². The van der Waals surface area contributed by atoms with Gasteiger partial charge in [0.25, 0.3) is 0 Å². The first-order valence-corrected chi connectivity index (χ1v) is 6.91. The molecule has 1 saturated carbocycles. The van der Waals surface area contributed by atoms with E-state index in [1.165, 1.54) is 27.3 Å². The molecule has 0 atom stereocenters. The second-order valence-electron chi connectivity index (χ2n) is 4.10. The van der Waals surface area contributed by atoms with E-state index in [9.17, 15) is 0 Å². The van der Waals surface area contributed by atoms with Crippen LogP contribution in [0.25, 0.3) is 10.9 Å². The highest BCUT2D eigenvalue weighted by Gasteiger charge is 2.22. The summed E-state index contributed by atoms with van der Waals surface area (Å²) in [5.41, 5.74) is 1.26. The highest BCUT2D eigenvalue weighted by Crippen LogP contribution is 2.33. The number of hydrogen-bond donors (Lipinski definition) is 0. The molecule has 0 amide bonds. The Morgan fingerprint density at radius 1 is 1.53 bits per heavy atom. The lowest BCUT2D eigenvalue weighted by Crippen LogP contribution is -1.97. The zero-order valence-corrected chi connectivity index (χ0v) is 11.8. The highest BCUT2D eigenvalue weighted by atomic mass is 127. The third-order valence-electron chi connectivity index (χ3n) is 2.84. The molecular weight excluding hydrogens is 367 g/mol. The second kappa shape index (κ2) is 3.73. The first-order chi connectivity index (χ1) is 7.24. The maximum absolute atomic E-state index is 4.30. The van der Waals surface area contributed by atoms with Gasteiger partial charge in [0.05, 0.1) is 11.7 Å². The van der Waals surface area contributed by atoms with Crippen LogP contribution in [0.4, 0.5) is 0 Å². The molecule has 2 nitrogen and oxygen atoms in total. The summed E-state index contributed by atoms with van der Waals surface area (Å²) in [5.74, 6) is 0.903. The fourth-order valence-corrected chi connectivity index (χ4v) is 2.95. The van der Waals surface area contributed by atoms with Crippen molar-refractivity contribution < 1.29 is 0 Å². The fourth-order valence-electron chi connectivity index (χ4n) is 1.85. The summed E-state index contributed by atoms with van der Waals surface area (Å²) in [6, 6.07) is 2.10. The Morgan fingerprint density at radius 3 is 3.07 bits per heavy atom. The molecule has 0 aliphatic heterocycles. The Morgan fingerprint density at radius 2 is 2.33 bits per heavy atom. The van der Waals surface area contributed by atoms with E-state index in [2.05, 4.69) is 60.3 Å². The number of hydrogen-bond acceptors (Lipinski definition) is 1. The molecule has 0 aromatic carbocycles. The molecule has 0 spiro atoms. The van der Waals surface area contributed by atoms with Gasteiger partial charge in [-0.3, -0.25) is 0 Å². The van der Waals surface area contributed by atoms with E-state index >= 15 is 0 Å². The SMILES string of the molecule is Brc1cc2c(I)cn(CC3CC3)c2cn1. The smallest absolute Gasteiger partial charge is 0.106 e. The molecule has 0 radical (unpaired) electrons. The molecule has 15 heavy (non-hydrogen) atoms. The van der Waals surface area contributed by atoms with E-state index in [0.717, 1.165) is 17.1 Å². The number of pyridine rings is 1. The van der Waals surface area contributed by atoms with Crippen LogP contribution < -0.4 is 0 Å². The Labute approximate surface area is 110 Å². The van der Waals surface area contributed by atoms with Crippen molar-refractivity contribution in [3.63, 3.8) is 0 Å². The minimum absolute atomic E-state index is 0.903. The Hall–Kier alpha value is -0.100. The van der Waals surface area contributed by atoms with E-state index in [1.54, 1.807) is 0 Å². The van der Waals surface area contributed by atoms with Gasteiger partial charge < -0.3 is 4.57 Å². The van der Waals surface area contributed by atoms with Crippen LogP contribution in [0, 0.1) is 9.49 Å². The van der Waals surface area contributed by atoms with Crippen LogP contribution in [0.15, 0.2) is 23.1 Å². The molecule has 2 heterocycles. The van der Waals surface area contributed by atoms with Crippen LogP contribution in [0.1, 0.15) is 12.8 Å². The van der Waals surface area contributed by atoms with Gasteiger partial charge in [0, 0.05) is 21.7 Å². The second-order valence-corrected chi connectivity index (χ2v) is 6.07. The molecule has 2 aromatic rings. The Balaban J connectivity index is 2.13. The lowest BCUT2D eigenvalue weighted by molar-refractivity contribution is 0.646. The monoisotopic (exact) mass is 376 g/mol. The summed E-state index contributed by atoms with van der Waals surface area (Å²) in [4.78, 5) is 4.30. The maximum atomic E-state index is 4.30. The highest BCUT2D eigenvalue weighted by molar-refractivity contribution is 14.1. The molecule has 0 saturated heterocycles. The van der Waals surface area contributed by atoms with E-state index in [0.29, 0.717) is 0 Å². The molecule has 1 fully saturated rings. The molecular formula is C11H10BrIN2. The van der Waals surface area contributed by atoms with Gasteiger partial charge in [-0.15, -0.1) is 0 Å². The Kier molecular flexibility index (Phi) is 2.51. The number of fused-ring (bicyclic) bond motifs is 1. The first-order valence-electron chi connectivity index (χ1n) is 5.04. The quantitative estimate of drug-likeness (QED) is 0.575. The van der Waals surface area contributed by atoms with Crippen LogP contribution in [0.2, 0.25) is 0 Å². The zero-order chi connectivity index (χ0) is 10.4. The molecule has 78 valence electrons. The first kappa shape index (κ1) is 10.1. The van der Waals surface area contributed by atoms with Crippen molar-refractivity contribution in [2.75, 3.05) is 0 Å². The number of rotatable bonds is 2. The standard InChI is InChI=1S/C11H10BrIN2/c12-11-3-8-9(13)6-15(5-7-1-2-7)10(8)4-14-11/h3-4,6-7H,1-2,5H2. The average Bonchev–Trinajstić information content (AvgIpc) is 2.95. The van der Waals surface area contributed by atoms with Crippen LogP contribution in [-0.4, -0.2) is 9.55 Å². The van der Waals surface area contributed by atoms with Crippen molar-refractivity contribution in [3.8, 4) is 0 Å². The Bertz CT molecular complexity index is 517. The van der Waals surface area contributed by atoms with Crippen molar-refractivity contribution in [1.82, 2.24) is 9.55 Å². The largest absolute Gasteiger partial charge is 0.345 e. The summed E-state index contributed by atoms with van der Waals surface area (Å²) in [6.07, 6.45) is 6.97. The van der Waals surface area contributed by atoms with Gasteiger partial charge in [-0.1, -0.05) is 0 Å². The molecule has 4 heteroatoms. The normalized spacial score (nSPS) is 16.1. The molecule has 0 bridgehead atoms. The van der Waals surface area contributed by atoms with Crippen molar-refractivity contribution in [2.24, 2.45) is 5.92 Å². The number of halogens is 2. The van der Waals surface area contributed by atoms with Gasteiger partial charge in [-0.05, 0) is 63.3 Å². The fraction of sp³-hybridized carbons (Fsp3) is 0.364. The summed E-state index contributed by atoms with van der Waals surface area (Å²) < 4.78 is 4.57. The molecule has 1 aliphatic rings. The van der Waals surface area contributed by atoms with Crippen molar-refractivity contribution in [2.45, 2.75) is 19.4 Å². The van der Waals surface area contributed by atoms with Gasteiger partial charge in [0.1, 0.15) is 4.60 Å². The third kappa shape index (κ3) is 1.93. The summed E-state index contributed by atoms with van der Waals surface area (Å²) in [7, 11) is 0. The van der Waals surface area contributed by atoms with Crippen molar-refractivity contribution in [3.05, 3.63) is 26.6 Å². The lowest BCUT2D eigenvalue weighted by Gasteiger charge is -2.02. The minimum atomic E-state index is 0.903. The maximum Gasteiger partial charge on any atom is 0.106 e. The van der Waals surface area contributed by atoms with Crippen LogP contribution in [0.3, 0.4) is 0 Å². The summed E-state index contributed by atoms with van der Waals surface area (Å²) in [6.45, 7) is 1.16. The number of aromatic nitrogens is 2. The van der Waals surface area contributed by atoms with Gasteiger partial charge in [0.2, 0.25) is 0 Å². The van der Waals surface area contributed by atoms with Gasteiger partial charge in [-0.25, -0.2) is 4.98 Å². The predicted octanol–water partition coefficient (Wildman–Crippen LogP) is 3.81. The van der Waals surface area contributed by atoms with E-state index in [4.69, 9.17) is 0 Å². The molecule has 0 unspecified atom stereocenters. The van der Waals surface area contributed by atoms with E-state index in [1.807, 2.05) is 6.20 Å². The number of nitrogens with zero attached hydrogens (tertiary/aromatic N) is 2. The topological polar surface area (TPSA) is 17.8 Å². The molecule has 0 N–H and O–H groups in total. The molecule has 1 aliphatic carbocycles. The summed E-state index contributed by atoms with van der Waals surface area (Å²) >= 11 is 5.81. The van der Waals surface area contributed by atoms with Gasteiger partial charge in [0.15, 0.2) is 0 Å². The van der Waals surface area contributed by atoms with E-state index in [-0.39, 0.29) is 0 Å². The van der Waals surface area contributed by atoms with E-state index < -0.39 is 0 Å². The zero-order valence-electron chi connectivity index (χ0n) is 8.08. The van der Waals surface area contributed by atoms with Gasteiger partial charge in [-0.2, -0.15) is 0 Å². The summed E-state index contributed by atoms with van der Waals surface area (Å²) in [5, 5.41) is 1.30. The predicted molar refractivity (Wildman–Crippen MR) is 72.9 cm³/mol. The minimum Gasteiger partial charge on any atom is -0.345 e. The average molecular weight is 377 g/mol. The van der Waals surface area contributed by atoms with Crippen molar-refractivity contribution in [1.29, 1.82) is 0 Å².